The maximum atomic E-state index is 12.7. The van der Waals surface area contributed by atoms with Gasteiger partial charge in [-0.05, 0) is 36.5 Å². The third-order valence-corrected chi connectivity index (χ3v) is 4.76. The topological polar surface area (TPSA) is 122 Å². The van der Waals surface area contributed by atoms with Gasteiger partial charge >= 0.3 is 6.03 Å². The van der Waals surface area contributed by atoms with E-state index in [9.17, 15) is 14.4 Å². The summed E-state index contributed by atoms with van der Waals surface area (Å²) in [7, 11) is 0. The summed E-state index contributed by atoms with van der Waals surface area (Å²) < 4.78 is 0. The molecule has 1 aromatic carbocycles. The molecular weight excluding hydrogens is 346 g/mol. The zero-order chi connectivity index (χ0) is 20.4. The van der Waals surface area contributed by atoms with Crippen LogP contribution in [0.1, 0.15) is 45.6 Å². The molecule has 0 saturated heterocycles. The summed E-state index contributed by atoms with van der Waals surface area (Å²) in [5.41, 5.74) is 6.41. The molecule has 0 bridgehead atoms. The summed E-state index contributed by atoms with van der Waals surface area (Å²) in [6.07, 6.45) is 1.18. The lowest BCUT2D eigenvalue weighted by molar-refractivity contribution is -0.129. The van der Waals surface area contributed by atoms with Gasteiger partial charge in [0, 0.05) is 30.5 Å². The molecule has 1 aromatic rings. The number of nitrogens with two attached hydrogens (primary N) is 1. The average Bonchev–Trinajstić information content (AvgIpc) is 2.63. The van der Waals surface area contributed by atoms with Crippen molar-refractivity contribution < 1.29 is 19.5 Å². The summed E-state index contributed by atoms with van der Waals surface area (Å²) in [6, 6.07) is 6.28. The number of nitrogens with one attached hydrogen (secondary N) is 2. The summed E-state index contributed by atoms with van der Waals surface area (Å²) in [5.74, 6) is -0.554. The van der Waals surface area contributed by atoms with Crippen LogP contribution in [0.3, 0.4) is 0 Å². The maximum absolute atomic E-state index is 12.7. The maximum Gasteiger partial charge on any atom is 0.312 e. The van der Waals surface area contributed by atoms with Crippen LogP contribution in [0.25, 0.3) is 0 Å². The fourth-order valence-electron chi connectivity index (χ4n) is 2.62. The van der Waals surface area contributed by atoms with Crippen LogP contribution in [0.5, 0.6) is 0 Å². The number of hydrogen-bond donors (Lipinski definition) is 4. The van der Waals surface area contributed by atoms with E-state index in [2.05, 4.69) is 10.6 Å². The van der Waals surface area contributed by atoms with E-state index in [0.717, 1.165) is 5.56 Å². The number of Topliss-reactive ketones (excluding diaryl/α,β-unsaturated/α-hetero) is 1. The van der Waals surface area contributed by atoms with Crippen LogP contribution in [0.2, 0.25) is 0 Å². The first kappa shape index (κ1) is 22.6. The van der Waals surface area contributed by atoms with Gasteiger partial charge in [-0.2, -0.15) is 0 Å². The van der Waals surface area contributed by atoms with Gasteiger partial charge in [0.15, 0.2) is 0 Å². The molecule has 0 spiro atoms. The largest absolute Gasteiger partial charge is 0.392 e. The van der Waals surface area contributed by atoms with Crippen LogP contribution in [-0.2, 0) is 16.2 Å². The van der Waals surface area contributed by atoms with Crippen LogP contribution in [0.15, 0.2) is 24.3 Å². The molecule has 2 atom stereocenters. The van der Waals surface area contributed by atoms with Gasteiger partial charge < -0.3 is 21.5 Å². The number of amides is 3. The highest BCUT2D eigenvalue weighted by atomic mass is 16.3. The minimum atomic E-state index is -0.607. The molecule has 3 amide bonds. The Morgan fingerprint density at radius 1 is 1.11 bits per heavy atom. The molecule has 7 heteroatoms. The molecule has 150 valence electrons. The SMILES string of the molecule is CC(C)C(C)C(=O)C[C@@H](CCCNC(N)=O)C(=O)Nc1ccc(CO)cc1. The van der Waals surface area contributed by atoms with E-state index >= 15 is 0 Å². The number of urea groups is 1. The first-order chi connectivity index (χ1) is 12.7. The van der Waals surface area contributed by atoms with Gasteiger partial charge in [0.05, 0.1) is 6.61 Å². The van der Waals surface area contributed by atoms with E-state index < -0.39 is 11.9 Å². The summed E-state index contributed by atoms with van der Waals surface area (Å²) in [5, 5.41) is 14.4. The van der Waals surface area contributed by atoms with Crippen molar-refractivity contribution in [3.05, 3.63) is 29.8 Å². The molecular formula is C20H31N3O4. The molecule has 0 radical (unpaired) electrons. The van der Waals surface area contributed by atoms with Crippen LogP contribution in [0, 0.1) is 17.8 Å². The van der Waals surface area contributed by atoms with E-state index in [1.165, 1.54) is 0 Å². The molecule has 0 saturated carbocycles. The quantitative estimate of drug-likeness (QED) is 0.442. The van der Waals surface area contributed by atoms with E-state index in [0.29, 0.717) is 25.1 Å². The van der Waals surface area contributed by atoms with Crippen LogP contribution >= 0.6 is 0 Å². The zero-order valence-electron chi connectivity index (χ0n) is 16.3. The van der Waals surface area contributed by atoms with Crippen molar-refractivity contribution in [2.45, 2.75) is 46.6 Å². The Balaban J connectivity index is 2.75. The molecule has 0 aliphatic rings. The Hall–Kier alpha value is -2.41. The highest BCUT2D eigenvalue weighted by Gasteiger charge is 2.25. The lowest BCUT2D eigenvalue weighted by atomic mass is 9.86. The number of ketones is 1. The predicted octanol–water partition coefficient (Wildman–Crippen LogP) is 2.43. The Kier molecular flexibility index (Phi) is 9.50. The number of rotatable bonds is 11. The number of carbonyl (C=O) groups is 3. The second kappa shape index (κ2) is 11.3. The minimum absolute atomic E-state index is 0.0589. The van der Waals surface area contributed by atoms with Crippen molar-refractivity contribution in [1.29, 1.82) is 0 Å². The smallest absolute Gasteiger partial charge is 0.312 e. The first-order valence-corrected chi connectivity index (χ1v) is 9.31. The third kappa shape index (κ3) is 8.21. The molecule has 5 N–H and O–H groups in total. The van der Waals surface area contributed by atoms with Gasteiger partial charge in [0.25, 0.3) is 0 Å². The van der Waals surface area contributed by atoms with Crippen molar-refractivity contribution in [1.82, 2.24) is 5.32 Å². The number of benzene rings is 1. The molecule has 0 heterocycles. The fraction of sp³-hybridized carbons (Fsp3) is 0.550. The van der Waals surface area contributed by atoms with Gasteiger partial charge in [-0.1, -0.05) is 32.9 Å². The van der Waals surface area contributed by atoms with Gasteiger partial charge in [-0.15, -0.1) is 0 Å². The van der Waals surface area contributed by atoms with Gasteiger partial charge in [0.1, 0.15) is 5.78 Å². The fourth-order valence-corrected chi connectivity index (χ4v) is 2.62. The summed E-state index contributed by atoms with van der Waals surface area (Å²) in [6.45, 7) is 6.14. The zero-order valence-corrected chi connectivity index (χ0v) is 16.3. The predicted molar refractivity (Wildman–Crippen MR) is 105 cm³/mol. The second-order valence-corrected chi connectivity index (χ2v) is 7.18. The van der Waals surface area contributed by atoms with Crippen LogP contribution in [0.4, 0.5) is 10.5 Å². The third-order valence-electron chi connectivity index (χ3n) is 4.76. The van der Waals surface area contributed by atoms with Crippen molar-refractivity contribution in [2.75, 3.05) is 11.9 Å². The van der Waals surface area contributed by atoms with Crippen molar-refractivity contribution in [3.63, 3.8) is 0 Å². The number of hydrogen-bond acceptors (Lipinski definition) is 4. The van der Waals surface area contributed by atoms with Gasteiger partial charge in [0.2, 0.25) is 5.91 Å². The lowest BCUT2D eigenvalue weighted by Gasteiger charge is -2.20. The van der Waals surface area contributed by atoms with E-state index in [1.807, 2.05) is 20.8 Å². The van der Waals surface area contributed by atoms with E-state index in [4.69, 9.17) is 10.8 Å². The van der Waals surface area contributed by atoms with Gasteiger partial charge in [-0.25, -0.2) is 4.79 Å². The van der Waals surface area contributed by atoms with Crippen molar-refractivity contribution in [3.8, 4) is 0 Å². The number of aliphatic hydroxyl groups is 1. The van der Waals surface area contributed by atoms with Crippen LogP contribution < -0.4 is 16.4 Å². The van der Waals surface area contributed by atoms with E-state index in [1.54, 1.807) is 24.3 Å². The average molecular weight is 377 g/mol. The number of aliphatic hydroxyl groups excluding tert-OH is 1. The summed E-state index contributed by atoms with van der Waals surface area (Å²) in [4.78, 5) is 36.0. The highest BCUT2D eigenvalue weighted by molar-refractivity contribution is 5.95. The first-order valence-electron chi connectivity index (χ1n) is 9.31. The molecule has 0 aliphatic carbocycles. The van der Waals surface area contributed by atoms with Crippen molar-refractivity contribution >= 4 is 23.4 Å². The number of anilines is 1. The van der Waals surface area contributed by atoms with E-state index in [-0.39, 0.29) is 36.6 Å². The Morgan fingerprint density at radius 2 is 1.74 bits per heavy atom. The standard InChI is InChI=1S/C20H31N3O4/c1-13(2)14(3)18(25)11-16(5-4-10-22-20(21)27)19(26)23-17-8-6-15(12-24)7-9-17/h6-9,13-14,16,24H,4-5,10-12H2,1-3H3,(H,23,26)(H3,21,22,27)/t14?,16-/m1/s1. The minimum Gasteiger partial charge on any atom is -0.392 e. The Labute approximate surface area is 160 Å². The highest BCUT2D eigenvalue weighted by Crippen LogP contribution is 2.21. The normalized spacial score (nSPS) is 13.1. The molecule has 27 heavy (non-hydrogen) atoms. The molecule has 0 aromatic heterocycles. The molecule has 7 nitrogen and oxygen atoms in total. The molecule has 0 aliphatic heterocycles. The molecule has 1 rings (SSSR count). The second-order valence-electron chi connectivity index (χ2n) is 7.18. The summed E-state index contributed by atoms with van der Waals surface area (Å²) >= 11 is 0. The lowest BCUT2D eigenvalue weighted by Crippen LogP contribution is -2.32. The monoisotopic (exact) mass is 377 g/mol. The molecule has 1 unspecified atom stereocenters. The molecule has 0 fully saturated rings. The number of carbonyl (C=O) groups excluding carboxylic acids is 3. The van der Waals surface area contributed by atoms with Crippen molar-refractivity contribution in [2.24, 2.45) is 23.5 Å². The van der Waals surface area contributed by atoms with Gasteiger partial charge in [-0.3, -0.25) is 9.59 Å². The van der Waals surface area contributed by atoms with Crippen LogP contribution in [-0.4, -0.2) is 29.4 Å². The Morgan fingerprint density at radius 3 is 2.26 bits per heavy atom. The Bertz CT molecular complexity index is 629. The number of primary amides is 1.